The molecular formula is C21H30N4O5. The Morgan fingerprint density at radius 1 is 1.13 bits per heavy atom. The summed E-state index contributed by atoms with van der Waals surface area (Å²) in [6, 6.07) is 8.44. The van der Waals surface area contributed by atoms with E-state index in [-0.39, 0.29) is 6.61 Å². The van der Waals surface area contributed by atoms with Gasteiger partial charge in [-0.2, -0.15) is 5.26 Å². The highest BCUT2D eigenvalue weighted by molar-refractivity contribution is 5.86. The number of alkyl carbamates (subject to hydrolysis) is 2. The van der Waals surface area contributed by atoms with Crippen molar-refractivity contribution in [1.82, 2.24) is 15.5 Å². The quantitative estimate of drug-likeness (QED) is 0.361. The van der Waals surface area contributed by atoms with Crippen LogP contribution in [0.5, 0.6) is 0 Å². The van der Waals surface area contributed by atoms with Gasteiger partial charge in [0.1, 0.15) is 18.2 Å². The predicted molar refractivity (Wildman–Crippen MR) is 110 cm³/mol. The highest BCUT2D eigenvalue weighted by Gasteiger charge is 2.26. The Morgan fingerprint density at radius 2 is 1.80 bits per heavy atom. The second-order valence-electron chi connectivity index (χ2n) is 7.68. The van der Waals surface area contributed by atoms with Gasteiger partial charge >= 0.3 is 12.2 Å². The zero-order chi connectivity index (χ0) is 22.6. The van der Waals surface area contributed by atoms with Gasteiger partial charge in [-0.05, 0) is 45.6 Å². The highest BCUT2D eigenvalue weighted by atomic mass is 16.6. The van der Waals surface area contributed by atoms with E-state index in [0.29, 0.717) is 25.8 Å². The summed E-state index contributed by atoms with van der Waals surface area (Å²) in [7, 11) is 1.33. The third-order valence-electron chi connectivity index (χ3n) is 3.87. The van der Waals surface area contributed by atoms with Crippen molar-refractivity contribution >= 4 is 18.1 Å². The van der Waals surface area contributed by atoms with E-state index >= 15 is 0 Å². The van der Waals surface area contributed by atoms with Gasteiger partial charge in [-0.3, -0.25) is 9.69 Å². The van der Waals surface area contributed by atoms with E-state index in [1.807, 2.05) is 30.3 Å². The van der Waals surface area contributed by atoms with Crippen molar-refractivity contribution in [2.75, 3.05) is 13.6 Å². The molecule has 0 saturated heterocycles. The number of nitrogens with one attached hydrogen (secondary N) is 2. The van der Waals surface area contributed by atoms with Crippen molar-refractivity contribution in [1.29, 1.82) is 5.26 Å². The molecule has 164 valence electrons. The van der Waals surface area contributed by atoms with Crippen molar-refractivity contribution in [2.45, 2.75) is 58.3 Å². The molecule has 2 N–H and O–H groups in total. The van der Waals surface area contributed by atoms with E-state index in [9.17, 15) is 14.4 Å². The number of rotatable bonds is 9. The van der Waals surface area contributed by atoms with Crippen LogP contribution >= 0.6 is 0 Å². The van der Waals surface area contributed by atoms with Crippen LogP contribution in [-0.4, -0.2) is 48.2 Å². The maximum absolute atomic E-state index is 12.3. The van der Waals surface area contributed by atoms with E-state index in [1.54, 1.807) is 27.0 Å². The molecule has 0 fully saturated rings. The summed E-state index contributed by atoms with van der Waals surface area (Å²) in [5.74, 6) is -0.529. The molecule has 30 heavy (non-hydrogen) atoms. The average molecular weight is 418 g/mol. The van der Waals surface area contributed by atoms with Gasteiger partial charge in [0.15, 0.2) is 6.19 Å². The molecule has 0 heterocycles. The van der Waals surface area contributed by atoms with Gasteiger partial charge in [0.2, 0.25) is 0 Å². The van der Waals surface area contributed by atoms with Crippen molar-refractivity contribution in [2.24, 2.45) is 0 Å². The Morgan fingerprint density at radius 3 is 2.40 bits per heavy atom. The van der Waals surface area contributed by atoms with Crippen LogP contribution in [0.25, 0.3) is 0 Å². The first kappa shape index (κ1) is 24.8. The number of likely N-dealkylation sites (N-methyl/N-ethyl adjacent to an activating group) is 1. The first-order valence-corrected chi connectivity index (χ1v) is 9.73. The van der Waals surface area contributed by atoms with Gasteiger partial charge in [-0.15, -0.1) is 0 Å². The van der Waals surface area contributed by atoms with E-state index in [4.69, 9.17) is 14.7 Å². The fourth-order valence-electron chi connectivity index (χ4n) is 2.43. The Hall–Kier alpha value is -3.28. The number of benzene rings is 1. The number of hydrogen-bond acceptors (Lipinski definition) is 6. The summed E-state index contributed by atoms with van der Waals surface area (Å²) in [6.45, 7) is 5.69. The molecule has 0 spiro atoms. The molecule has 1 aromatic rings. The Bertz CT molecular complexity index is 740. The number of ether oxygens (including phenoxy) is 2. The molecule has 0 aliphatic carbocycles. The van der Waals surface area contributed by atoms with Gasteiger partial charge in [-0.25, -0.2) is 9.59 Å². The topological polar surface area (TPSA) is 121 Å². The van der Waals surface area contributed by atoms with Crippen LogP contribution in [0.1, 0.15) is 45.6 Å². The minimum absolute atomic E-state index is 0.184. The van der Waals surface area contributed by atoms with Crippen LogP contribution in [-0.2, 0) is 20.9 Å². The average Bonchev–Trinajstić information content (AvgIpc) is 2.69. The minimum atomic E-state index is -0.894. The zero-order valence-electron chi connectivity index (χ0n) is 17.9. The van der Waals surface area contributed by atoms with Gasteiger partial charge in [0.25, 0.3) is 5.91 Å². The van der Waals surface area contributed by atoms with Crippen molar-refractivity contribution in [3.05, 3.63) is 35.9 Å². The van der Waals surface area contributed by atoms with E-state index in [0.717, 1.165) is 10.5 Å². The number of amides is 3. The van der Waals surface area contributed by atoms with Crippen molar-refractivity contribution in [3.63, 3.8) is 0 Å². The van der Waals surface area contributed by atoms with Crippen LogP contribution in [0.3, 0.4) is 0 Å². The molecule has 0 aliphatic rings. The second kappa shape index (κ2) is 12.3. The molecule has 0 radical (unpaired) electrons. The molecule has 3 amide bonds. The Balaban J connectivity index is 2.39. The van der Waals surface area contributed by atoms with Crippen molar-refractivity contribution in [3.8, 4) is 6.19 Å². The maximum Gasteiger partial charge on any atom is 0.408 e. The number of nitrogens with zero attached hydrogens (tertiary/aromatic N) is 2. The van der Waals surface area contributed by atoms with Gasteiger partial charge in [-0.1, -0.05) is 30.3 Å². The lowest BCUT2D eigenvalue weighted by Crippen LogP contribution is -2.47. The standard InChI is InChI=1S/C21H30N4O5/c1-21(2,3)30-20(28)24-17(18(26)25(4)15-22)12-8-9-13-23-19(27)29-14-16-10-6-5-7-11-16/h5-7,10-11,17H,8-9,12-14H2,1-4H3,(H,23,27)(H,24,28)/t17-/m0/s1. The second-order valence-corrected chi connectivity index (χ2v) is 7.68. The van der Waals surface area contributed by atoms with Gasteiger partial charge in [0.05, 0.1) is 0 Å². The summed E-state index contributed by atoms with van der Waals surface area (Å²) in [6.07, 6.45) is 1.87. The molecule has 1 rings (SSSR count). The number of unbranched alkanes of at least 4 members (excludes halogenated alkanes) is 1. The lowest BCUT2D eigenvalue weighted by Gasteiger charge is -2.24. The third-order valence-corrected chi connectivity index (χ3v) is 3.87. The molecule has 0 saturated carbocycles. The molecule has 9 heteroatoms. The highest BCUT2D eigenvalue weighted by Crippen LogP contribution is 2.09. The summed E-state index contributed by atoms with van der Waals surface area (Å²) in [4.78, 5) is 36.9. The third kappa shape index (κ3) is 10.3. The van der Waals surface area contributed by atoms with Crippen LogP contribution in [0, 0.1) is 11.5 Å². The smallest absolute Gasteiger partial charge is 0.408 e. The lowest BCUT2D eigenvalue weighted by atomic mass is 10.1. The lowest BCUT2D eigenvalue weighted by molar-refractivity contribution is -0.129. The van der Waals surface area contributed by atoms with Crippen molar-refractivity contribution < 1.29 is 23.9 Å². The molecule has 0 aliphatic heterocycles. The molecule has 9 nitrogen and oxygen atoms in total. The zero-order valence-corrected chi connectivity index (χ0v) is 17.9. The van der Waals surface area contributed by atoms with Crippen LogP contribution in [0.2, 0.25) is 0 Å². The Kier molecular flexibility index (Phi) is 10.2. The first-order valence-electron chi connectivity index (χ1n) is 9.73. The van der Waals surface area contributed by atoms with Crippen LogP contribution in [0.15, 0.2) is 30.3 Å². The monoisotopic (exact) mass is 418 g/mol. The molecule has 1 aromatic carbocycles. The predicted octanol–water partition coefficient (Wildman–Crippen LogP) is 2.92. The number of carbonyl (C=O) groups is 3. The van der Waals surface area contributed by atoms with Crippen LogP contribution in [0.4, 0.5) is 9.59 Å². The molecule has 0 bridgehead atoms. The fraction of sp³-hybridized carbons (Fsp3) is 0.524. The Labute approximate surface area is 177 Å². The van der Waals surface area contributed by atoms with Gasteiger partial charge in [0, 0.05) is 13.6 Å². The SMILES string of the molecule is CN(C#N)C(=O)[C@H](CCCCNC(=O)OCc1ccccc1)NC(=O)OC(C)(C)C. The molecular weight excluding hydrogens is 388 g/mol. The first-order chi connectivity index (χ1) is 14.1. The normalized spacial score (nSPS) is 11.6. The number of hydrogen-bond donors (Lipinski definition) is 2. The summed E-state index contributed by atoms with van der Waals surface area (Å²) < 4.78 is 10.3. The van der Waals surface area contributed by atoms with Gasteiger partial charge < -0.3 is 20.1 Å². The molecule has 1 atom stereocenters. The maximum atomic E-state index is 12.3. The van der Waals surface area contributed by atoms with E-state index in [1.165, 1.54) is 7.05 Å². The van der Waals surface area contributed by atoms with Crippen LogP contribution < -0.4 is 10.6 Å². The molecule has 0 aromatic heterocycles. The summed E-state index contributed by atoms with van der Waals surface area (Å²) in [5, 5.41) is 14.1. The fourth-order valence-corrected chi connectivity index (χ4v) is 2.43. The number of carbonyl (C=O) groups excluding carboxylic acids is 3. The number of nitriles is 1. The summed E-state index contributed by atoms with van der Waals surface area (Å²) >= 11 is 0. The van der Waals surface area contributed by atoms with E-state index in [2.05, 4.69) is 10.6 Å². The summed E-state index contributed by atoms with van der Waals surface area (Å²) in [5.41, 5.74) is 0.187. The molecule has 0 unspecified atom stereocenters. The largest absolute Gasteiger partial charge is 0.445 e. The van der Waals surface area contributed by atoms with E-state index < -0.39 is 29.7 Å². The minimum Gasteiger partial charge on any atom is -0.445 e.